The number of carbonyl (C=O) groups is 2. The molecule has 0 radical (unpaired) electrons. The number of nitrogens with one attached hydrogen (secondary N) is 1. The quantitative estimate of drug-likeness (QED) is 0.730. The van der Waals surface area contributed by atoms with Crippen LogP contribution in [0.5, 0.6) is 0 Å². The van der Waals surface area contributed by atoms with Crippen molar-refractivity contribution in [3.63, 3.8) is 0 Å². The van der Waals surface area contributed by atoms with E-state index < -0.39 is 0 Å². The van der Waals surface area contributed by atoms with Crippen LogP contribution >= 0.6 is 0 Å². The van der Waals surface area contributed by atoms with Gasteiger partial charge in [-0.2, -0.15) is 0 Å². The second kappa shape index (κ2) is 9.16. The van der Waals surface area contributed by atoms with Gasteiger partial charge in [-0.25, -0.2) is 9.59 Å². The topological polar surface area (TPSA) is 61.9 Å². The minimum Gasteiger partial charge on any atom is -0.450 e. The molecule has 0 aromatic rings. The molecule has 3 aliphatic heterocycles. The number of hydrogen-bond donors (Lipinski definition) is 1. The van der Waals surface area contributed by atoms with Crippen LogP contribution in [0.2, 0.25) is 0 Å². The number of fused-ring (bicyclic) bond motifs is 2. The first kappa shape index (κ1) is 20.3. The Bertz CT molecular complexity index is 503. The lowest BCUT2D eigenvalue weighted by Gasteiger charge is -2.39. The Morgan fingerprint density at radius 3 is 2.22 bits per heavy atom. The molecular weight excluding hydrogens is 342 g/mol. The van der Waals surface area contributed by atoms with E-state index in [0.717, 1.165) is 57.9 Å². The molecule has 3 amide bonds. The van der Waals surface area contributed by atoms with Crippen molar-refractivity contribution in [3.8, 4) is 0 Å². The van der Waals surface area contributed by atoms with E-state index >= 15 is 0 Å². The van der Waals surface area contributed by atoms with E-state index in [1.54, 1.807) is 0 Å². The van der Waals surface area contributed by atoms with Gasteiger partial charge in [0.05, 0.1) is 6.61 Å². The van der Waals surface area contributed by atoms with Crippen molar-refractivity contribution < 1.29 is 14.3 Å². The van der Waals surface area contributed by atoms with Crippen LogP contribution in [0.3, 0.4) is 0 Å². The van der Waals surface area contributed by atoms with Crippen molar-refractivity contribution in [3.05, 3.63) is 0 Å². The van der Waals surface area contributed by atoms with Gasteiger partial charge in [-0.15, -0.1) is 0 Å². The van der Waals surface area contributed by atoms with E-state index in [4.69, 9.17) is 4.74 Å². The first-order valence-corrected chi connectivity index (χ1v) is 11.0. The summed E-state index contributed by atoms with van der Waals surface area (Å²) in [5, 5.41) is 3.14. The maximum absolute atomic E-state index is 12.5. The molecular formula is C21H37N3O3. The molecule has 2 bridgehead atoms. The Morgan fingerprint density at radius 2 is 1.63 bits per heavy atom. The van der Waals surface area contributed by atoms with E-state index in [2.05, 4.69) is 19.2 Å². The highest BCUT2D eigenvalue weighted by Crippen LogP contribution is 2.40. The van der Waals surface area contributed by atoms with Crippen molar-refractivity contribution in [2.45, 2.75) is 103 Å². The van der Waals surface area contributed by atoms with E-state index in [1.165, 1.54) is 6.42 Å². The molecule has 154 valence electrons. The third kappa shape index (κ3) is 4.69. The van der Waals surface area contributed by atoms with Crippen LogP contribution in [0, 0.1) is 5.92 Å². The summed E-state index contributed by atoms with van der Waals surface area (Å²) in [6.45, 7) is 7.38. The van der Waals surface area contributed by atoms with Gasteiger partial charge in [0, 0.05) is 30.7 Å². The second-order valence-corrected chi connectivity index (χ2v) is 8.74. The van der Waals surface area contributed by atoms with E-state index in [9.17, 15) is 9.59 Å². The summed E-state index contributed by atoms with van der Waals surface area (Å²) < 4.78 is 5.23. The summed E-state index contributed by atoms with van der Waals surface area (Å²) in [5.41, 5.74) is 0. The first-order chi connectivity index (χ1) is 13.0. The van der Waals surface area contributed by atoms with Gasteiger partial charge in [0.25, 0.3) is 0 Å². The fourth-order valence-electron chi connectivity index (χ4n) is 5.52. The Kier molecular flexibility index (Phi) is 6.88. The molecule has 0 aliphatic carbocycles. The summed E-state index contributed by atoms with van der Waals surface area (Å²) in [5.74, 6) is 0.665. The number of amides is 3. The SMILES string of the molecule is CCOC(=O)N1C2CCC1CC(CCCNC(=O)N1[C@H](C)CCC[C@@H]1C)C2. The predicted molar refractivity (Wildman–Crippen MR) is 106 cm³/mol. The smallest absolute Gasteiger partial charge is 0.410 e. The molecule has 3 saturated heterocycles. The van der Waals surface area contributed by atoms with E-state index in [-0.39, 0.29) is 12.1 Å². The van der Waals surface area contributed by atoms with Crippen LogP contribution in [-0.4, -0.2) is 59.2 Å². The summed E-state index contributed by atoms with van der Waals surface area (Å²) in [6.07, 6.45) is 9.87. The molecule has 27 heavy (non-hydrogen) atoms. The van der Waals surface area contributed by atoms with E-state index in [0.29, 0.717) is 36.7 Å². The fraction of sp³-hybridized carbons (Fsp3) is 0.905. The van der Waals surface area contributed by atoms with Crippen molar-refractivity contribution >= 4 is 12.1 Å². The number of urea groups is 1. The zero-order valence-corrected chi connectivity index (χ0v) is 17.3. The van der Waals surface area contributed by atoms with Crippen molar-refractivity contribution in [2.24, 2.45) is 5.92 Å². The molecule has 0 aromatic carbocycles. The molecule has 0 spiro atoms. The maximum atomic E-state index is 12.5. The monoisotopic (exact) mass is 379 g/mol. The number of nitrogens with zero attached hydrogens (tertiary/aromatic N) is 2. The van der Waals surface area contributed by atoms with Gasteiger partial charge in [0.15, 0.2) is 0 Å². The summed E-state index contributed by atoms with van der Waals surface area (Å²) in [7, 11) is 0. The molecule has 4 atom stereocenters. The van der Waals surface area contributed by atoms with Gasteiger partial charge >= 0.3 is 12.1 Å². The van der Waals surface area contributed by atoms with Crippen LogP contribution < -0.4 is 5.32 Å². The van der Waals surface area contributed by atoms with Gasteiger partial charge in [0.2, 0.25) is 0 Å². The third-order valence-corrected chi connectivity index (χ3v) is 6.80. The highest BCUT2D eigenvalue weighted by Gasteiger charge is 2.43. The molecule has 0 aromatic heterocycles. The van der Waals surface area contributed by atoms with Gasteiger partial charge in [-0.05, 0) is 84.5 Å². The molecule has 1 N–H and O–H groups in total. The normalized spacial score (nSPS) is 33.1. The Labute approximate surface area is 164 Å². The molecule has 6 heteroatoms. The number of piperidine rings is 2. The van der Waals surface area contributed by atoms with Gasteiger partial charge in [-0.3, -0.25) is 0 Å². The van der Waals surface area contributed by atoms with Crippen molar-refractivity contribution in [1.29, 1.82) is 0 Å². The lowest BCUT2D eigenvalue weighted by Crippen LogP contribution is -2.52. The van der Waals surface area contributed by atoms with Crippen LogP contribution in [0.4, 0.5) is 9.59 Å². The molecule has 3 rings (SSSR count). The average molecular weight is 380 g/mol. The van der Waals surface area contributed by atoms with Gasteiger partial charge in [-0.1, -0.05) is 0 Å². The summed E-state index contributed by atoms with van der Waals surface area (Å²) >= 11 is 0. The maximum Gasteiger partial charge on any atom is 0.410 e. The fourth-order valence-corrected chi connectivity index (χ4v) is 5.52. The largest absolute Gasteiger partial charge is 0.450 e. The predicted octanol–water partition coefficient (Wildman–Crippen LogP) is 4.14. The molecule has 0 saturated carbocycles. The zero-order valence-electron chi connectivity index (χ0n) is 17.3. The van der Waals surface area contributed by atoms with Crippen molar-refractivity contribution in [1.82, 2.24) is 15.1 Å². The molecule has 3 aliphatic rings. The molecule has 3 fully saturated rings. The van der Waals surface area contributed by atoms with Crippen LogP contribution in [0.25, 0.3) is 0 Å². The minimum atomic E-state index is -0.125. The Hall–Kier alpha value is -1.46. The average Bonchev–Trinajstić information content (AvgIpc) is 2.89. The molecule has 2 unspecified atom stereocenters. The second-order valence-electron chi connectivity index (χ2n) is 8.74. The number of carbonyl (C=O) groups excluding carboxylic acids is 2. The lowest BCUT2D eigenvalue weighted by molar-refractivity contribution is 0.0588. The number of hydrogen-bond acceptors (Lipinski definition) is 3. The number of likely N-dealkylation sites (tertiary alicyclic amines) is 1. The zero-order chi connectivity index (χ0) is 19.4. The standard InChI is InChI=1S/C21H37N3O3/c1-4-27-21(26)24-18-10-11-19(24)14-17(13-18)9-6-12-22-20(25)23-15(2)7-5-8-16(23)3/h15-19H,4-14H2,1-3H3,(H,22,25)/t15-,16+,17?,18?,19?. The highest BCUT2D eigenvalue weighted by molar-refractivity contribution is 5.75. The van der Waals surface area contributed by atoms with Gasteiger partial charge < -0.3 is 19.9 Å². The van der Waals surface area contributed by atoms with Crippen molar-refractivity contribution in [2.75, 3.05) is 13.2 Å². The van der Waals surface area contributed by atoms with E-state index in [1.807, 2.05) is 16.7 Å². The summed E-state index contributed by atoms with van der Waals surface area (Å²) in [6, 6.07) is 1.51. The third-order valence-electron chi connectivity index (χ3n) is 6.80. The Balaban J connectivity index is 1.38. The highest BCUT2D eigenvalue weighted by atomic mass is 16.6. The lowest BCUT2D eigenvalue weighted by atomic mass is 9.87. The summed E-state index contributed by atoms with van der Waals surface area (Å²) in [4.78, 5) is 28.7. The first-order valence-electron chi connectivity index (χ1n) is 11.0. The van der Waals surface area contributed by atoms with Crippen LogP contribution in [-0.2, 0) is 4.74 Å². The molecule has 3 heterocycles. The number of rotatable bonds is 5. The minimum absolute atomic E-state index is 0.104. The van der Waals surface area contributed by atoms with Crippen LogP contribution in [0.1, 0.15) is 78.6 Å². The Morgan fingerprint density at radius 1 is 1.00 bits per heavy atom. The number of ether oxygens (including phenoxy) is 1. The molecule has 6 nitrogen and oxygen atoms in total. The van der Waals surface area contributed by atoms with Gasteiger partial charge in [0.1, 0.15) is 0 Å². The van der Waals surface area contributed by atoms with Crippen LogP contribution in [0.15, 0.2) is 0 Å².